The van der Waals surface area contributed by atoms with Crippen LogP contribution in [0.15, 0.2) is 18.2 Å². The van der Waals surface area contributed by atoms with Gasteiger partial charge in [0, 0.05) is 30.7 Å². The van der Waals surface area contributed by atoms with E-state index < -0.39 is 10.0 Å². The van der Waals surface area contributed by atoms with Crippen molar-refractivity contribution in [2.75, 3.05) is 24.2 Å². The maximum Gasteiger partial charge on any atom is 0.251 e. The molecule has 2 aliphatic rings. The second-order valence-corrected chi connectivity index (χ2v) is 9.50. The number of hydrogen-bond donors (Lipinski definition) is 1. The van der Waals surface area contributed by atoms with E-state index in [0.29, 0.717) is 17.8 Å². The summed E-state index contributed by atoms with van der Waals surface area (Å²) in [6.45, 7) is 4.67. The number of methoxy groups -OCH3 is 1. The number of aryl methyl sites for hydroxylation is 1. The predicted octanol–water partition coefficient (Wildman–Crippen LogP) is 1.94. The van der Waals surface area contributed by atoms with Crippen molar-refractivity contribution in [1.82, 2.24) is 5.32 Å². The summed E-state index contributed by atoms with van der Waals surface area (Å²) in [5, 5.41) is 3.08. The molecule has 3 rings (SSSR count). The Morgan fingerprint density at radius 2 is 2.08 bits per heavy atom. The minimum Gasteiger partial charge on any atom is -0.381 e. The predicted molar refractivity (Wildman–Crippen MR) is 97.4 cm³/mol. The van der Waals surface area contributed by atoms with E-state index in [1.165, 1.54) is 10.6 Å². The highest BCUT2D eigenvalue weighted by molar-refractivity contribution is 7.92. The van der Waals surface area contributed by atoms with Gasteiger partial charge in [-0.25, -0.2) is 8.42 Å². The quantitative estimate of drug-likeness (QED) is 0.884. The lowest BCUT2D eigenvalue weighted by Gasteiger charge is -2.51. The first-order valence-corrected chi connectivity index (χ1v) is 10.4. The number of ether oxygens (including phenoxy) is 1. The van der Waals surface area contributed by atoms with Crippen LogP contribution in [0.25, 0.3) is 0 Å². The molecule has 1 aromatic rings. The fraction of sp³-hybridized carbons (Fsp3) is 0.611. The molecule has 0 aromatic heterocycles. The van der Waals surface area contributed by atoms with Gasteiger partial charge >= 0.3 is 0 Å². The van der Waals surface area contributed by atoms with E-state index in [1.807, 2.05) is 6.07 Å². The first kappa shape index (κ1) is 18.2. The summed E-state index contributed by atoms with van der Waals surface area (Å²) >= 11 is 0. The molecule has 0 radical (unpaired) electrons. The zero-order valence-electron chi connectivity index (χ0n) is 15.2. The van der Waals surface area contributed by atoms with Gasteiger partial charge in [-0.1, -0.05) is 13.8 Å². The van der Waals surface area contributed by atoms with Crippen LogP contribution in [0.2, 0.25) is 0 Å². The van der Waals surface area contributed by atoms with Crippen molar-refractivity contribution in [2.45, 2.75) is 45.3 Å². The van der Waals surface area contributed by atoms with E-state index in [4.69, 9.17) is 4.74 Å². The third kappa shape index (κ3) is 3.27. The molecular weight excluding hydrogens is 340 g/mol. The molecule has 25 heavy (non-hydrogen) atoms. The minimum atomic E-state index is -3.29. The van der Waals surface area contributed by atoms with Crippen LogP contribution in [0.5, 0.6) is 0 Å². The molecule has 2 atom stereocenters. The van der Waals surface area contributed by atoms with E-state index >= 15 is 0 Å². The lowest BCUT2D eigenvalue weighted by molar-refractivity contribution is -0.0942. The average molecular weight is 366 g/mol. The molecule has 138 valence electrons. The highest BCUT2D eigenvalue weighted by Gasteiger charge is 2.49. The lowest BCUT2D eigenvalue weighted by Crippen LogP contribution is -2.61. The molecule has 1 heterocycles. The van der Waals surface area contributed by atoms with Crippen LogP contribution < -0.4 is 9.62 Å². The Morgan fingerprint density at radius 1 is 1.36 bits per heavy atom. The molecular formula is C18H26N2O4S. The van der Waals surface area contributed by atoms with Crippen molar-refractivity contribution in [2.24, 2.45) is 5.41 Å². The number of sulfonamides is 1. The normalized spacial score (nSPS) is 25.0. The second kappa shape index (κ2) is 6.29. The topological polar surface area (TPSA) is 75.7 Å². The number of carbonyl (C=O) groups is 1. The lowest BCUT2D eigenvalue weighted by atomic mass is 9.64. The number of amides is 1. The van der Waals surface area contributed by atoms with Gasteiger partial charge in [-0.3, -0.25) is 9.10 Å². The summed E-state index contributed by atoms with van der Waals surface area (Å²) in [4.78, 5) is 12.6. The van der Waals surface area contributed by atoms with Crippen LogP contribution in [-0.2, 0) is 21.2 Å². The fourth-order valence-corrected chi connectivity index (χ4v) is 4.82. The van der Waals surface area contributed by atoms with Crippen LogP contribution in [-0.4, -0.2) is 46.4 Å². The Hall–Kier alpha value is -1.60. The number of nitrogens with zero attached hydrogens (tertiary/aromatic N) is 1. The van der Waals surface area contributed by atoms with Crippen LogP contribution in [0, 0.1) is 5.41 Å². The summed E-state index contributed by atoms with van der Waals surface area (Å²) in [5.41, 5.74) is 2.08. The van der Waals surface area contributed by atoms with E-state index in [9.17, 15) is 13.2 Å². The number of fused-ring (bicyclic) bond motifs is 1. The van der Waals surface area contributed by atoms with Gasteiger partial charge in [0.15, 0.2) is 0 Å². The second-order valence-electron chi connectivity index (χ2n) is 7.59. The van der Waals surface area contributed by atoms with Gasteiger partial charge in [0.25, 0.3) is 5.91 Å². The Balaban J connectivity index is 1.78. The standard InChI is InChI=1S/C18H26N2O4S/c1-18(2)15(11-16(18)24-3)19-17(21)13-7-8-14-12(10-13)6-5-9-20(14)25(4,22)23/h7-8,10,15-16H,5-6,9,11H2,1-4H3,(H,19,21). The van der Waals surface area contributed by atoms with Crippen LogP contribution in [0.4, 0.5) is 5.69 Å². The van der Waals surface area contributed by atoms with Crippen molar-refractivity contribution in [3.8, 4) is 0 Å². The number of nitrogens with one attached hydrogen (secondary N) is 1. The molecule has 2 unspecified atom stereocenters. The molecule has 0 saturated heterocycles. The van der Waals surface area contributed by atoms with Gasteiger partial charge in [0.1, 0.15) is 0 Å². The van der Waals surface area contributed by atoms with Crippen molar-refractivity contribution < 1.29 is 17.9 Å². The van der Waals surface area contributed by atoms with Crippen LogP contribution in [0.3, 0.4) is 0 Å². The van der Waals surface area contributed by atoms with Crippen molar-refractivity contribution >= 4 is 21.6 Å². The number of carbonyl (C=O) groups excluding carboxylic acids is 1. The van der Waals surface area contributed by atoms with Crippen LogP contribution >= 0.6 is 0 Å². The molecule has 0 bridgehead atoms. The van der Waals surface area contributed by atoms with Gasteiger partial charge in [0.2, 0.25) is 10.0 Å². The summed E-state index contributed by atoms with van der Waals surface area (Å²) in [6.07, 6.45) is 3.72. The smallest absolute Gasteiger partial charge is 0.251 e. The summed E-state index contributed by atoms with van der Waals surface area (Å²) < 4.78 is 30.7. The molecule has 1 N–H and O–H groups in total. The van der Waals surface area contributed by atoms with E-state index in [-0.39, 0.29) is 23.5 Å². The van der Waals surface area contributed by atoms with Gasteiger partial charge < -0.3 is 10.1 Å². The summed E-state index contributed by atoms with van der Waals surface area (Å²) in [6, 6.07) is 5.35. The third-order valence-electron chi connectivity index (χ3n) is 5.59. The number of hydrogen-bond acceptors (Lipinski definition) is 4. The zero-order valence-corrected chi connectivity index (χ0v) is 16.0. The largest absolute Gasteiger partial charge is 0.381 e. The molecule has 1 amide bonds. The molecule has 1 aromatic carbocycles. The highest BCUT2D eigenvalue weighted by Crippen LogP contribution is 2.42. The number of benzene rings is 1. The van der Waals surface area contributed by atoms with E-state index in [1.54, 1.807) is 19.2 Å². The molecule has 6 nitrogen and oxygen atoms in total. The first-order valence-electron chi connectivity index (χ1n) is 8.59. The Morgan fingerprint density at radius 3 is 2.68 bits per heavy atom. The Bertz CT molecular complexity index is 788. The highest BCUT2D eigenvalue weighted by atomic mass is 32.2. The summed E-state index contributed by atoms with van der Waals surface area (Å²) in [7, 11) is -1.60. The monoisotopic (exact) mass is 366 g/mol. The maximum atomic E-state index is 12.6. The average Bonchev–Trinajstić information content (AvgIpc) is 2.56. The molecule has 1 aliphatic heterocycles. The van der Waals surface area contributed by atoms with E-state index in [0.717, 1.165) is 24.8 Å². The van der Waals surface area contributed by atoms with E-state index in [2.05, 4.69) is 19.2 Å². The molecule has 7 heteroatoms. The van der Waals surface area contributed by atoms with Gasteiger partial charge in [-0.2, -0.15) is 0 Å². The van der Waals surface area contributed by atoms with Gasteiger partial charge in [-0.15, -0.1) is 0 Å². The van der Waals surface area contributed by atoms with Crippen molar-refractivity contribution in [3.05, 3.63) is 29.3 Å². The van der Waals surface area contributed by atoms with Crippen molar-refractivity contribution in [3.63, 3.8) is 0 Å². The zero-order chi connectivity index (χ0) is 18.4. The van der Waals surface area contributed by atoms with Crippen LogP contribution in [0.1, 0.15) is 42.6 Å². The molecule has 1 fully saturated rings. The Kier molecular flexibility index (Phi) is 4.58. The first-order chi connectivity index (χ1) is 11.6. The van der Waals surface area contributed by atoms with Gasteiger partial charge in [-0.05, 0) is 43.0 Å². The van der Waals surface area contributed by atoms with Crippen molar-refractivity contribution in [1.29, 1.82) is 0 Å². The fourth-order valence-electron chi connectivity index (χ4n) is 3.82. The Labute approximate surface area is 149 Å². The third-order valence-corrected chi connectivity index (χ3v) is 6.77. The summed E-state index contributed by atoms with van der Waals surface area (Å²) in [5.74, 6) is -0.119. The SMILES string of the molecule is COC1CC(NC(=O)c2ccc3c(c2)CCCN3S(C)(=O)=O)C1(C)C. The number of anilines is 1. The molecule has 0 spiro atoms. The minimum absolute atomic E-state index is 0.0773. The molecule has 1 aliphatic carbocycles. The maximum absolute atomic E-state index is 12.6. The molecule has 1 saturated carbocycles. The number of rotatable bonds is 4. The van der Waals surface area contributed by atoms with Gasteiger partial charge in [0.05, 0.1) is 18.0 Å².